The van der Waals surface area contributed by atoms with E-state index in [1.54, 1.807) is 6.92 Å². The fourth-order valence-electron chi connectivity index (χ4n) is 0.932. The van der Waals surface area contributed by atoms with Gasteiger partial charge in [0.1, 0.15) is 6.73 Å². The molecule has 1 N–H and O–H groups in total. The molecule has 5 nitrogen and oxygen atoms in total. The third-order valence-electron chi connectivity index (χ3n) is 1.64. The molecule has 0 atom stereocenters. The van der Waals surface area contributed by atoms with Crippen molar-refractivity contribution in [1.29, 1.82) is 0 Å². The van der Waals surface area contributed by atoms with Crippen LogP contribution in [0.2, 0.25) is 0 Å². The van der Waals surface area contributed by atoms with Gasteiger partial charge >= 0.3 is 5.69 Å². The summed E-state index contributed by atoms with van der Waals surface area (Å²) in [6.45, 7) is 2.09. The molecule has 0 bridgehead atoms. The Balaban J connectivity index is 2.82. The first-order valence-corrected chi connectivity index (χ1v) is 4.62. The lowest BCUT2D eigenvalue weighted by atomic mass is 10.4. The van der Waals surface area contributed by atoms with Crippen molar-refractivity contribution in [1.82, 2.24) is 9.55 Å². The molecule has 1 aromatic heterocycles. The summed E-state index contributed by atoms with van der Waals surface area (Å²) in [6, 6.07) is 0. The van der Waals surface area contributed by atoms with E-state index in [1.165, 1.54) is 10.8 Å². The van der Waals surface area contributed by atoms with E-state index >= 15 is 0 Å². The maximum atomic E-state index is 11.2. The molecular weight excluding hydrogens is 208 g/mol. The molecule has 6 heteroatoms. The summed E-state index contributed by atoms with van der Waals surface area (Å²) < 4.78 is 6.33. The molecule has 0 amide bonds. The van der Waals surface area contributed by atoms with Gasteiger partial charge in [-0.25, -0.2) is 4.79 Å². The van der Waals surface area contributed by atoms with E-state index < -0.39 is 5.69 Å². The number of aromatic amines is 1. The van der Waals surface area contributed by atoms with Gasteiger partial charge in [0.2, 0.25) is 0 Å². The normalized spacial score (nSPS) is 10.4. The molecule has 0 saturated heterocycles. The number of nitrogens with one attached hydrogen (secondary N) is 1. The number of alkyl halides is 1. The Morgan fingerprint density at radius 2 is 2.29 bits per heavy atom. The molecule has 1 aromatic rings. The minimum absolute atomic E-state index is 0.100. The Kier molecular flexibility index (Phi) is 3.91. The van der Waals surface area contributed by atoms with Crippen molar-refractivity contribution < 1.29 is 4.74 Å². The molecule has 0 spiro atoms. The molecule has 0 aliphatic heterocycles. The summed E-state index contributed by atoms with van der Waals surface area (Å²) >= 11 is 5.39. The lowest BCUT2D eigenvalue weighted by molar-refractivity contribution is 0.0856. The van der Waals surface area contributed by atoms with Crippen LogP contribution >= 0.6 is 11.6 Å². The molecule has 0 radical (unpaired) electrons. The first kappa shape index (κ1) is 11.0. The lowest BCUT2D eigenvalue weighted by Crippen LogP contribution is -2.31. The van der Waals surface area contributed by atoms with Gasteiger partial charge in [0.15, 0.2) is 0 Å². The van der Waals surface area contributed by atoms with Crippen molar-refractivity contribution in [2.75, 3.05) is 12.5 Å². The van der Waals surface area contributed by atoms with Gasteiger partial charge in [0.25, 0.3) is 5.56 Å². The summed E-state index contributed by atoms with van der Waals surface area (Å²) in [7, 11) is 0. The third kappa shape index (κ3) is 2.71. The number of rotatable bonds is 4. The second-order valence-electron chi connectivity index (χ2n) is 2.77. The largest absolute Gasteiger partial charge is 0.359 e. The molecule has 1 rings (SSSR count). The number of nitrogens with zero attached hydrogens (tertiary/aromatic N) is 1. The zero-order valence-electron chi connectivity index (χ0n) is 7.75. The standard InChI is InChI=1S/C8H11ClN2O3/c1-6-4-11(5-14-3-2-9)8(13)10-7(6)12/h4H,2-3,5H2,1H3,(H,10,12,13). The van der Waals surface area contributed by atoms with Crippen LogP contribution in [0.25, 0.3) is 0 Å². The number of aromatic nitrogens is 2. The molecule has 0 saturated carbocycles. The third-order valence-corrected chi connectivity index (χ3v) is 1.80. The van der Waals surface area contributed by atoms with Crippen LogP contribution in [0, 0.1) is 6.92 Å². The Morgan fingerprint density at radius 1 is 1.57 bits per heavy atom. The maximum absolute atomic E-state index is 11.2. The van der Waals surface area contributed by atoms with Gasteiger partial charge in [-0.05, 0) is 6.92 Å². The zero-order valence-corrected chi connectivity index (χ0v) is 8.50. The van der Waals surface area contributed by atoms with E-state index in [9.17, 15) is 9.59 Å². The fraction of sp³-hybridized carbons (Fsp3) is 0.500. The molecule has 0 aliphatic carbocycles. The van der Waals surface area contributed by atoms with Crippen LogP contribution in [-0.2, 0) is 11.5 Å². The van der Waals surface area contributed by atoms with Crippen molar-refractivity contribution in [2.24, 2.45) is 0 Å². The van der Waals surface area contributed by atoms with Crippen molar-refractivity contribution in [3.63, 3.8) is 0 Å². The summed E-state index contributed by atoms with van der Waals surface area (Å²) in [4.78, 5) is 24.3. The highest BCUT2D eigenvalue weighted by atomic mass is 35.5. The van der Waals surface area contributed by atoms with E-state index in [0.717, 1.165) is 0 Å². The number of hydrogen-bond acceptors (Lipinski definition) is 3. The average molecular weight is 219 g/mol. The van der Waals surface area contributed by atoms with Gasteiger partial charge in [-0.2, -0.15) is 0 Å². The Morgan fingerprint density at radius 3 is 2.93 bits per heavy atom. The van der Waals surface area contributed by atoms with Crippen LogP contribution in [0.4, 0.5) is 0 Å². The first-order valence-electron chi connectivity index (χ1n) is 4.09. The quantitative estimate of drug-likeness (QED) is 0.574. The highest BCUT2D eigenvalue weighted by Gasteiger charge is 1.99. The van der Waals surface area contributed by atoms with Gasteiger partial charge in [-0.15, -0.1) is 11.6 Å². The second kappa shape index (κ2) is 4.97. The van der Waals surface area contributed by atoms with Gasteiger partial charge in [-0.1, -0.05) is 0 Å². The zero-order chi connectivity index (χ0) is 10.6. The molecular formula is C8H11ClN2O3. The number of aryl methyl sites for hydroxylation is 1. The summed E-state index contributed by atoms with van der Waals surface area (Å²) in [5, 5.41) is 0. The van der Waals surface area contributed by atoms with Crippen LogP contribution in [0.3, 0.4) is 0 Å². The van der Waals surface area contributed by atoms with E-state index in [-0.39, 0.29) is 12.3 Å². The number of hydrogen-bond donors (Lipinski definition) is 1. The van der Waals surface area contributed by atoms with Gasteiger partial charge < -0.3 is 4.74 Å². The Bertz CT molecular complexity index is 410. The predicted molar refractivity (Wildman–Crippen MR) is 52.7 cm³/mol. The Labute approximate surface area is 85.3 Å². The monoisotopic (exact) mass is 218 g/mol. The van der Waals surface area contributed by atoms with Crippen molar-refractivity contribution in [3.8, 4) is 0 Å². The number of H-pyrrole nitrogens is 1. The minimum atomic E-state index is -0.477. The van der Waals surface area contributed by atoms with E-state index in [4.69, 9.17) is 16.3 Å². The van der Waals surface area contributed by atoms with Crippen molar-refractivity contribution >= 4 is 11.6 Å². The molecule has 0 aromatic carbocycles. The summed E-state index contributed by atoms with van der Waals surface area (Å²) in [5.41, 5.74) is -0.377. The van der Waals surface area contributed by atoms with E-state index in [0.29, 0.717) is 18.1 Å². The van der Waals surface area contributed by atoms with Crippen LogP contribution in [0.15, 0.2) is 15.8 Å². The number of halogens is 1. The van der Waals surface area contributed by atoms with Crippen LogP contribution < -0.4 is 11.2 Å². The highest BCUT2D eigenvalue weighted by molar-refractivity contribution is 6.17. The summed E-state index contributed by atoms with van der Waals surface area (Å²) in [5.74, 6) is 0.372. The topological polar surface area (TPSA) is 64.1 Å². The molecule has 0 aliphatic rings. The first-order chi connectivity index (χ1) is 6.65. The molecule has 14 heavy (non-hydrogen) atoms. The van der Waals surface area contributed by atoms with Gasteiger partial charge in [0, 0.05) is 17.6 Å². The fourth-order valence-corrected chi connectivity index (χ4v) is 1.04. The van der Waals surface area contributed by atoms with E-state index in [1.807, 2.05) is 0 Å². The highest BCUT2D eigenvalue weighted by Crippen LogP contribution is 1.86. The van der Waals surface area contributed by atoms with E-state index in [2.05, 4.69) is 4.98 Å². The number of ether oxygens (including phenoxy) is 1. The van der Waals surface area contributed by atoms with Crippen molar-refractivity contribution in [3.05, 3.63) is 32.6 Å². The second-order valence-corrected chi connectivity index (χ2v) is 3.15. The SMILES string of the molecule is Cc1cn(COCCCl)c(=O)[nH]c1=O. The maximum Gasteiger partial charge on any atom is 0.330 e. The van der Waals surface area contributed by atoms with Gasteiger partial charge in [-0.3, -0.25) is 14.3 Å². The minimum Gasteiger partial charge on any atom is -0.359 e. The molecule has 78 valence electrons. The molecule has 0 unspecified atom stereocenters. The van der Waals surface area contributed by atoms with Gasteiger partial charge in [0.05, 0.1) is 6.61 Å². The molecule has 1 heterocycles. The smallest absolute Gasteiger partial charge is 0.330 e. The van der Waals surface area contributed by atoms with Crippen LogP contribution in [0.5, 0.6) is 0 Å². The van der Waals surface area contributed by atoms with Crippen LogP contribution in [0.1, 0.15) is 5.56 Å². The van der Waals surface area contributed by atoms with Crippen LogP contribution in [-0.4, -0.2) is 22.0 Å². The predicted octanol–water partition coefficient (Wildman–Crippen LogP) is 0.0579. The Hall–Kier alpha value is -1.07. The molecule has 0 fully saturated rings. The van der Waals surface area contributed by atoms with Crippen molar-refractivity contribution in [2.45, 2.75) is 13.7 Å². The summed E-state index contributed by atoms with van der Waals surface area (Å²) in [6.07, 6.45) is 1.45. The average Bonchev–Trinajstić information content (AvgIpc) is 2.14. The lowest BCUT2D eigenvalue weighted by Gasteiger charge is -2.05.